The molecule has 0 amide bonds. The summed E-state index contributed by atoms with van der Waals surface area (Å²) < 4.78 is 55.0. The van der Waals surface area contributed by atoms with Crippen LogP contribution in [0.4, 0.5) is 8.78 Å². The maximum atomic E-state index is 13.9. The molecule has 2 N–H and O–H groups in total. The average molecular weight is 409 g/mol. The summed E-state index contributed by atoms with van der Waals surface area (Å²) in [6, 6.07) is 8.00. The number of carbonyl (C=O) groups is 1. The highest BCUT2D eigenvalue weighted by Crippen LogP contribution is 2.42. The van der Waals surface area contributed by atoms with Gasteiger partial charge in [0.2, 0.25) is 10.0 Å². The SMILES string of the molecule is CCC1(C(=O)O)CCCC1NS(=O)(=O)c1ccc(-c2ccc(F)cc2F)cc1. The van der Waals surface area contributed by atoms with Gasteiger partial charge in [0.1, 0.15) is 11.6 Å². The van der Waals surface area contributed by atoms with Crippen molar-refractivity contribution in [3.8, 4) is 11.1 Å². The molecule has 2 aromatic carbocycles. The van der Waals surface area contributed by atoms with Crippen LogP contribution in [-0.4, -0.2) is 25.5 Å². The first-order chi connectivity index (χ1) is 13.2. The van der Waals surface area contributed by atoms with Crippen molar-refractivity contribution in [3.05, 3.63) is 54.1 Å². The summed E-state index contributed by atoms with van der Waals surface area (Å²) in [5, 5.41) is 9.61. The maximum Gasteiger partial charge on any atom is 0.311 e. The van der Waals surface area contributed by atoms with Gasteiger partial charge in [-0.25, -0.2) is 21.9 Å². The molecule has 1 aliphatic carbocycles. The van der Waals surface area contributed by atoms with E-state index in [0.29, 0.717) is 31.2 Å². The average Bonchev–Trinajstić information content (AvgIpc) is 3.05. The Kier molecular flexibility index (Phi) is 5.54. The molecule has 8 heteroatoms. The topological polar surface area (TPSA) is 83.5 Å². The molecule has 28 heavy (non-hydrogen) atoms. The monoisotopic (exact) mass is 409 g/mol. The second kappa shape index (κ2) is 7.60. The van der Waals surface area contributed by atoms with Crippen LogP contribution in [0.15, 0.2) is 47.4 Å². The van der Waals surface area contributed by atoms with Crippen molar-refractivity contribution in [2.45, 2.75) is 43.5 Å². The van der Waals surface area contributed by atoms with E-state index in [1.54, 1.807) is 6.92 Å². The minimum absolute atomic E-state index is 0.0407. The number of rotatable bonds is 6. The van der Waals surface area contributed by atoms with Crippen LogP contribution in [0.2, 0.25) is 0 Å². The molecule has 5 nitrogen and oxygen atoms in total. The lowest BCUT2D eigenvalue weighted by atomic mass is 9.80. The molecule has 2 aromatic rings. The van der Waals surface area contributed by atoms with E-state index in [2.05, 4.69) is 4.72 Å². The first-order valence-electron chi connectivity index (χ1n) is 9.01. The fourth-order valence-corrected chi connectivity index (χ4v) is 5.22. The largest absolute Gasteiger partial charge is 0.481 e. The third kappa shape index (κ3) is 3.66. The number of hydrogen-bond acceptors (Lipinski definition) is 3. The molecule has 150 valence electrons. The van der Waals surface area contributed by atoms with Gasteiger partial charge in [0.15, 0.2) is 0 Å². The summed E-state index contributed by atoms with van der Waals surface area (Å²) in [5.74, 6) is -2.43. The summed E-state index contributed by atoms with van der Waals surface area (Å²) in [6.07, 6.45) is 1.85. The summed E-state index contributed by atoms with van der Waals surface area (Å²) in [4.78, 5) is 11.7. The molecule has 0 heterocycles. The molecule has 1 aliphatic rings. The van der Waals surface area contributed by atoms with Crippen molar-refractivity contribution >= 4 is 16.0 Å². The highest BCUT2D eigenvalue weighted by molar-refractivity contribution is 7.89. The number of sulfonamides is 1. The summed E-state index contributed by atoms with van der Waals surface area (Å²) in [6.45, 7) is 1.74. The van der Waals surface area contributed by atoms with Crippen LogP contribution in [0.3, 0.4) is 0 Å². The van der Waals surface area contributed by atoms with E-state index < -0.39 is 39.1 Å². The maximum absolute atomic E-state index is 13.9. The third-order valence-corrected chi connectivity index (χ3v) is 7.03. The van der Waals surface area contributed by atoms with Crippen LogP contribution in [0.5, 0.6) is 0 Å². The first kappa shape index (κ1) is 20.4. The van der Waals surface area contributed by atoms with Crippen LogP contribution in [0, 0.1) is 17.0 Å². The molecule has 2 atom stereocenters. The molecule has 0 saturated heterocycles. The number of carboxylic acids is 1. The lowest BCUT2D eigenvalue weighted by molar-refractivity contribution is -0.149. The molecule has 0 aliphatic heterocycles. The van der Waals surface area contributed by atoms with Crippen LogP contribution in [-0.2, 0) is 14.8 Å². The molecule has 0 radical (unpaired) electrons. The number of halogens is 2. The highest BCUT2D eigenvalue weighted by atomic mass is 32.2. The van der Waals surface area contributed by atoms with Crippen molar-refractivity contribution in [2.24, 2.45) is 5.41 Å². The normalized spacial score (nSPS) is 22.3. The van der Waals surface area contributed by atoms with Crippen LogP contribution >= 0.6 is 0 Å². The van der Waals surface area contributed by atoms with E-state index in [0.717, 1.165) is 12.1 Å². The van der Waals surface area contributed by atoms with Crippen molar-refractivity contribution in [3.63, 3.8) is 0 Å². The second-order valence-electron chi connectivity index (χ2n) is 7.03. The number of carboxylic acid groups (broad SMARTS) is 1. The summed E-state index contributed by atoms with van der Waals surface area (Å²) >= 11 is 0. The number of benzene rings is 2. The smallest absolute Gasteiger partial charge is 0.311 e. The lowest BCUT2D eigenvalue weighted by Gasteiger charge is -2.30. The van der Waals surface area contributed by atoms with Gasteiger partial charge in [-0.05, 0) is 49.1 Å². The Hall–Kier alpha value is -2.32. The molecule has 0 bridgehead atoms. The Morgan fingerprint density at radius 2 is 1.89 bits per heavy atom. The van der Waals surface area contributed by atoms with E-state index in [-0.39, 0.29) is 10.5 Å². The minimum Gasteiger partial charge on any atom is -0.481 e. The van der Waals surface area contributed by atoms with E-state index in [1.165, 1.54) is 30.3 Å². The second-order valence-corrected chi connectivity index (χ2v) is 8.74. The zero-order valence-electron chi connectivity index (χ0n) is 15.3. The molecule has 0 aromatic heterocycles. The van der Waals surface area contributed by atoms with Gasteiger partial charge in [-0.2, -0.15) is 0 Å². The van der Waals surface area contributed by atoms with Crippen LogP contribution in [0.1, 0.15) is 32.6 Å². The molecular formula is C20H21F2NO4S. The lowest BCUT2D eigenvalue weighted by Crippen LogP contribution is -2.48. The molecule has 3 rings (SSSR count). The van der Waals surface area contributed by atoms with E-state index in [4.69, 9.17) is 0 Å². The van der Waals surface area contributed by atoms with Crippen molar-refractivity contribution in [1.29, 1.82) is 0 Å². The van der Waals surface area contributed by atoms with Gasteiger partial charge in [0.05, 0.1) is 10.3 Å². The Labute approximate surface area is 162 Å². The van der Waals surface area contributed by atoms with Crippen molar-refractivity contribution < 1.29 is 27.1 Å². The highest BCUT2D eigenvalue weighted by Gasteiger charge is 2.49. The molecular weight excluding hydrogens is 388 g/mol. The molecule has 0 spiro atoms. The number of nitrogens with one attached hydrogen (secondary N) is 1. The first-order valence-corrected chi connectivity index (χ1v) is 10.5. The number of aliphatic carboxylic acids is 1. The molecule has 1 saturated carbocycles. The van der Waals surface area contributed by atoms with Gasteiger partial charge in [-0.15, -0.1) is 0 Å². The van der Waals surface area contributed by atoms with Crippen molar-refractivity contribution in [2.75, 3.05) is 0 Å². The summed E-state index contributed by atoms with van der Waals surface area (Å²) in [5.41, 5.74) is -0.541. The quantitative estimate of drug-likeness (QED) is 0.757. The van der Waals surface area contributed by atoms with Gasteiger partial charge in [0, 0.05) is 17.7 Å². The Morgan fingerprint density at radius 3 is 2.46 bits per heavy atom. The number of hydrogen-bond donors (Lipinski definition) is 2. The van der Waals surface area contributed by atoms with Crippen LogP contribution < -0.4 is 4.72 Å². The predicted octanol–water partition coefficient (Wildman–Crippen LogP) is 3.94. The minimum atomic E-state index is -3.94. The van der Waals surface area contributed by atoms with Gasteiger partial charge in [-0.1, -0.05) is 25.5 Å². The fourth-order valence-electron chi connectivity index (χ4n) is 3.87. The van der Waals surface area contributed by atoms with Gasteiger partial charge in [0.25, 0.3) is 0 Å². The third-order valence-electron chi connectivity index (χ3n) is 5.54. The Bertz CT molecular complexity index is 992. The standard InChI is InChI=1S/C20H21F2NO4S/c1-2-20(19(24)25)11-3-4-18(20)23-28(26,27)15-8-5-13(6-9-15)16-10-7-14(21)12-17(16)22/h5-10,12,18,23H,2-4,11H2,1H3,(H,24,25). The predicted molar refractivity (Wildman–Crippen MR) is 100 cm³/mol. The zero-order valence-corrected chi connectivity index (χ0v) is 16.1. The van der Waals surface area contributed by atoms with E-state index in [1.807, 2.05) is 0 Å². The van der Waals surface area contributed by atoms with Gasteiger partial charge < -0.3 is 5.11 Å². The van der Waals surface area contributed by atoms with E-state index in [9.17, 15) is 27.1 Å². The van der Waals surface area contributed by atoms with Crippen molar-refractivity contribution in [1.82, 2.24) is 4.72 Å². The fraction of sp³-hybridized carbons (Fsp3) is 0.350. The Morgan fingerprint density at radius 1 is 1.21 bits per heavy atom. The summed E-state index contributed by atoms with van der Waals surface area (Å²) in [7, 11) is -3.94. The zero-order chi connectivity index (χ0) is 20.5. The Balaban J connectivity index is 1.86. The molecule has 2 unspecified atom stereocenters. The van der Waals surface area contributed by atoms with Crippen LogP contribution in [0.25, 0.3) is 11.1 Å². The van der Waals surface area contributed by atoms with Gasteiger partial charge in [-0.3, -0.25) is 4.79 Å². The van der Waals surface area contributed by atoms with Gasteiger partial charge >= 0.3 is 5.97 Å². The molecule has 1 fully saturated rings. The van der Waals surface area contributed by atoms with E-state index >= 15 is 0 Å².